The highest BCUT2D eigenvalue weighted by atomic mass is 15.1. The summed E-state index contributed by atoms with van der Waals surface area (Å²) in [5.41, 5.74) is -0.344. The fourth-order valence-electron chi connectivity index (χ4n) is 2.97. The molecular formula is C16H31N3. The smallest absolute Gasteiger partial charge is 0.103 e. The molecule has 0 spiro atoms. The third-order valence-electron chi connectivity index (χ3n) is 4.40. The lowest BCUT2D eigenvalue weighted by Gasteiger charge is -2.32. The Bertz CT molecular complexity index is 278. The van der Waals surface area contributed by atoms with Crippen molar-refractivity contribution in [2.45, 2.75) is 76.8 Å². The van der Waals surface area contributed by atoms with Gasteiger partial charge in [-0.05, 0) is 59.2 Å². The Morgan fingerprint density at radius 3 is 2.58 bits per heavy atom. The Labute approximate surface area is 119 Å². The van der Waals surface area contributed by atoms with Gasteiger partial charge in [0, 0.05) is 6.04 Å². The van der Waals surface area contributed by atoms with Gasteiger partial charge in [-0.2, -0.15) is 5.26 Å². The summed E-state index contributed by atoms with van der Waals surface area (Å²) in [5, 5.41) is 12.7. The molecule has 0 heterocycles. The molecule has 3 heteroatoms. The average Bonchev–Trinajstić information content (AvgIpc) is 2.46. The van der Waals surface area contributed by atoms with E-state index in [0.717, 1.165) is 38.4 Å². The van der Waals surface area contributed by atoms with Crippen molar-refractivity contribution in [3.05, 3.63) is 0 Å². The molecule has 0 bridgehead atoms. The van der Waals surface area contributed by atoms with Crippen LogP contribution < -0.4 is 5.32 Å². The van der Waals surface area contributed by atoms with Crippen molar-refractivity contribution in [2.75, 3.05) is 20.1 Å². The Hall–Kier alpha value is -0.590. The third kappa shape index (κ3) is 5.93. The zero-order valence-corrected chi connectivity index (χ0v) is 13.0. The quantitative estimate of drug-likeness (QED) is 0.732. The van der Waals surface area contributed by atoms with E-state index in [1.807, 2.05) is 6.92 Å². The van der Waals surface area contributed by atoms with Gasteiger partial charge in [-0.25, -0.2) is 0 Å². The molecule has 3 nitrogen and oxygen atoms in total. The van der Waals surface area contributed by atoms with E-state index >= 15 is 0 Å². The highest BCUT2D eigenvalue weighted by Gasteiger charge is 2.23. The highest BCUT2D eigenvalue weighted by Crippen LogP contribution is 2.22. The third-order valence-corrected chi connectivity index (χ3v) is 4.40. The van der Waals surface area contributed by atoms with Crippen molar-refractivity contribution in [3.63, 3.8) is 0 Å². The van der Waals surface area contributed by atoms with Crippen molar-refractivity contribution in [2.24, 2.45) is 0 Å². The highest BCUT2D eigenvalue weighted by molar-refractivity contribution is 5.03. The molecule has 1 saturated carbocycles. The van der Waals surface area contributed by atoms with Gasteiger partial charge in [0.2, 0.25) is 0 Å². The zero-order chi connectivity index (χ0) is 14.1. The van der Waals surface area contributed by atoms with Gasteiger partial charge >= 0.3 is 0 Å². The van der Waals surface area contributed by atoms with Crippen LogP contribution in [0.4, 0.5) is 0 Å². The SMILES string of the molecule is CCCNC(C)(C#N)CCCN(C)C1CCCCC1. The van der Waals surface area contributed by atoms with Crippen molar-refractivity contribution >= 4 is 0 Å². The van der Waals surface area contributed by atoms with Gasteiger partial charge in [-0.1, -0.05) is 26.2 Å². The lowest BCUT2D eigenvalue weighted by molar-refractivity contribution is 0.185. The van der Waals surface area contributed by atoms with Gasteiger partial charge in [-0.15, -0.1) is 0 Å². The normalized spacial score (nSPS) is 20.2. The zero-order valence-electron chi connectivity index (χ0n) is 13.0. The Morgan fingerprint density at radius 1 is 1.32 bits per heavy atom. The minimum atomic E-state index is -0.344. The average molecular weight is 265 g/mol. The molecular weight excluding hydrogens is 234 g/mol. The second-order valence-electron chi connectivity index (χ2n) is 6.25. The van der Waals surface area contributed by atoms with Crippen LogP contribution in [-0.4, -0.2) is 36.6 Å². The van der Waals surface area contributed by atoms with Crippen LogP contribution in [-0.2, 0) is 0 Å². The monoisotopic (exact) mass is 265 g/mol. The summed E-state index contributed by atoms with van der Waals surface area (Å²) < 4.78 is 0. The van der Waals surface area contributed by atoms with Crippen molar-refractivity contribution < 1.29 is 0 Å². The summed E-state index contributed by atoms with van der Waals surface area (Å²) in [6.07, 6.45) is 10.1. The van der Waals surface area contributed by atoms with E-state index in [0.29, 0.717) is 0 Å². The van der Waals surface area contributed by atoms with Crippen molar-refractivity contribution in [1.82, 2.24) is 10.2 Å². The van der Waals surface area contributed by atoms with Crippen LogP contribution in [0, 0.1) is 11.3 Å². The van der Waals surface area contributed by atoms with Gasteiger partial charge in [-0.3, -0.25) is 5.32 Å². The molecule has 110 valence electrons. The van der Waals surface area contributed by atoms with E-state index in [-0.39, 0.29) is 5.54 Å². The van der Waals surface area contributed by atoms with Gasteiger partial charge in [0.05, 0.1) is 6.07 Å². The number of nitriles is 1. The van der Waals surface area contributed by atoms with Crippen LogP contribution in [0.5, 0.6) is 0 Å². The minimum absolute atomic E-state index is 0.344. The van der Waals surface area contributed by atoms with Gasteiger partial charge < -0.3 is 4.90 Å². The van der Waals surface area contributed by atoms with Crippen LogP contribution in [0.2, 0.25) is 0 Å². The van der Waals surface area contributed by atoms with Gasteiger partial charge in [0.15, 0.2) is 0 Å². The van der Waals surface area contributed by atoms with Crippen LogP contribution in [0.1, 0.15) is 65.2 Å². The van der Waals surface area contributed by atoms with Crippen LogP contribution in [0.25, 0.3) is 0 Å². The molecule has 0 radical (unpaired) electrons. The fourth-order valence-corrected chi connectivity index (χ4v) is 2.97. The predicted octanol–water partition coefficient (Wildman–Crippen LogP) is 3.31. The lowest BCUT2D eigenvalue weighted by Crippen LogP contribution is -2.42. The molecule has 1 fully saturated rings. The van der Waals surface area contributed by atoms with Crippen LogP contribution in [0.15, 0.2) is 0 Å². The van der Waals surface area contributed by atoms with E-state index < -0.39 is 0 Å². The first kappa shape index (κ1) is 16.5. The maximum atomic E-state index is 9.30. The molecule has 1 atom stereocenters. The standard InChI is InChI=1S/C16H31N3/c1-4-12-18-16(2,14-17)11-8-13-19(3)15-9-6-5-7-10-15/h15,18H,4-13H2,1-3H3. The van der Waals surface area contributed by atoms with Crippen molar-refractivity contribution in [1.29, 1.82) is 5.26 Å². The number of rotatable bonds is 8. The summed E-state index contributed by atoms with van der Waals surface area (Å²) >= 11 is 0. The lowest BCUT2D eigenvalue weighted by atomic mass is 9.93. The molecule has 0 aromatic carbocycles. The largest absolute Gasteiger partial charge is 0.303 e. The topological polar surface area (TPSA) is 39.1 Å². The molecule has 1 rings (SSSR count). The Morgan fingerprint density at radius 2 is 2.00 bits per heavy atom. The van der Waals surface area contributed by atoms with E-state index in [2.05, 4.69) is 30.3 Å². The molecule has 1 aliphatic rings. The molecule has 0 amide bonds. The number of hydrogen-bond acceptors (Lipinski definition) is 3. The maximum absolute atomic E-state index is 9.30. The Kier molecular flexibility index (Phi) is 7.41. The fraction of sp³-hybridized carbons (Fsp3) is 0.938. The summed E-state index contributed by atoms with van der Waals surface area (Å²) in [4.78, 5) is 2.51. The second-order valence-corrected chi connectivity index (χ2v) is 6.25. The van der Waals surface area contributed by atoms with Crippen molar-refractivity contribution in [3.8, 4) is 6.07 Å². The predicted molar refractivity (Wildman–Crippen MR) is 81.0 cm³/mol. The molecule has 0 saturated heterocycles. The van der Waals surface area contributed by atoms with Gasteiger partial charge in [0.25, 0.3) is 0 Å². The molecule has 1 N–H and O–H groups in total. The number of hydrogen-bond donors (Lipinski definition) is 1. The first-order valence-electron chi connectivity index (χ1n) is 7.98. The second kappa shape index (κ2) is 8.55. The van der Waals surface area contributed by atoms with E-state index in [4.69, 9.17) is 0 Å². The molecule has 1 unspecified atom stereocenters. The van der Waals surface area contributed by atoms with E-state index in [1.165, 1.54) is 32.1 Å². The summed E-state index contributed by atoms with van der Waals surface area (Å²) in [6.45, 7) is 6.23. The summed E-state index contributed by atoms with van der Waals surface area (Å²) in [5.74, 6) is 0. The molecule has 0 aromatic heterocycles. The van der Waals surface area contributed by atoms with E-state index in [1.54, 1.807) is 0 Å². The molecule has 19 heavy (non-hydrogen) atoms. The Balaban J connectivity index is 2.25. The number of nitrogens with one attached hydrogen (secondary N) is 1. The summed E-state index contributed by atoms with van der Waals surface area (Å²) in [7, 11) is 2.25. The molecule has 0 aromatic rings. The summed E-state index contributed by atoms with van der Waals surface area (Å²) in [6, 6.07) is 3.22. The van der Waals surface area contributed by atoms with Crippen LogP contribution >= 0.6 is 0 Å². The maximum Gasteiger partial charge on any atom is 0.103 e. The van der Waals surface area contributed by atoms with E-state index in [9.17, 15) is 5.26 Å². The first-order chi connectivity index (χ1) is 9.11. The molecule has 0 aliphatic heterocycles. The van der Waals surface area contributed by atoms with Gasteiger partial charge in [0.1, 0.15) is 5.54 Å². The molecule has 1 aliphatic carbocycles. The minimum Gasteiger partial charge on any atom is -0.303 e. The van der Waals surface area contributed by atoms with Crippen LogP contribution in [0.3, 0.4) is 0 Å². The number of nitrogens with zero attached hydrogens (tertiary/aromatic N) is 2. The first-order valence-corrected chi connectivity index (χ1v) is 7.98.